The van der Waals surface area contributed by atoms with Gasteiger partial charge in [0.05, 0.1) is 0 Å². The van der Waals surface area contributed by atoms with E-state index in [9.17, 15) is 0 Å². The van der Waals surface area contributed by atoms with Crippen LogP contribution in [-0.4, -0.2) is 34.7 Å². The fraction of sp³-hybridized carbons (Fsp3) is 1.00. The quantitative estimate of drug-likeness (QED) is 0.700. The average molecular weight is 194 g/mol. The van der Waals surface area contributed by atoms with Crippen LogP contribution in [0.15, 0.2) is 0 Å². The van der Waals surface area contributed by atoms with Crippen molar-refractivity contribution in [1.82, 2.24) is 0 Å². The highest BCUT2D eigenvalue weighted by Crippen LogP contribution is 2.24. The van der Waals surface area contributed by atoms with Crippen molar-refractivity contribution in [2.24, 2.45) is 0 Å². The molecular formula is C8H18OS2. The second-order valence-corrected chi connectivity index (χ2v) is 4.87. The third-order valence-corrected chi connectivity index (χ3v) is 4.34. The van der Waals surface area contributed by atoms with Crippen LogP contribution in [0.4, 0.5) is 0 Å². The van der Waals surface area contributed by atoms with Gasteiger partial charge in [-0.05, 0) is 25.4 Å². The first-order chi connectivity index (χ1) is 5.26. The number of thioether (sulfide) groups is 2. The van der Waals surface area contributed by atoms with Crippen LogP contribution in [0.3, 0.4) is 0 Å². The van der Waals surface area contributed by atoms with Gasteiger partial charge < -0.3 is 5.11 Å². The SMILES string of the molecule is CSC(C)C(CCCO)SC. The zero-order chi connectivity index (χ0) is 8.69. The van der Waals surface area contributed by atoms with Crippen LogP contribution < -0.4 is 0 Å². The number of aliphatic hydroxyl groups excluding tert-OH is 1. The molecule has 2 unspecified atom stereocenters. The lowest BCUT2D eigenvalue weighted by Crippen LogP contribution is -2.16. The molecule has 0 aliphatic heterocycles. The average Bonchev–Trinajstić information content (AvgIpc) is 2.05. The molecule has 0 rings (SSSR count). The van der Waals surface area contributed by atoms with Crippen LogP contribution in [0.25, 0.3) is 0 Å². The third-order valence-electron chi connectivity index (χ3n) is 1.84. The van der Waals surface area contributed by atoms with Crippen molar-refractivity contribution in [3.63, 3.8) is 0 Å². The summed E-state index contributed by atoms with van der Waals surface area (Å²) in [5.74, 6) is 0. The zero-order valence-corrected chi connectivity index (χ0v) is 9.17. The summed E-state index contributed by atoms with van der Waals surface area (Å²) in [5, 5.41) is 10.1. The highest BCUT2D eigenvalue weighted by atomic mass is 32.2. The molecule has 0 bridgehead atoms. The van der Waals surface area contributed by atoms with Gasteiger partial charge in [-0.1, -0.05) is 6.92 Å². The van der Waals surface area contributed by atoms with Gasteiger partial charge in [-0.15, -0.1) is 0 Å². The summed E-state index contributed by atoms with van der Waals surface area (Å²) in [5.41, 5.74) is 0. The van der Waals surface area contributed by atoms with Crippen LogP contribution in [0.1, 0.15) is 19.8 Å². The molecule has 0 aromatic heterocycles. The van der Waals surface area contributed by atoms with Crippen molar-refractivity contribution < 1.29 is 5.11 Å². The number of rotatable bonds is 6. The van der Waals surface area contributed by atoms with Gasteiger partial charge >= 0.3 is 0 Å². The van der Waals surface area contributed by atoms with Gasteiger partial charge in [0.1, 0.15) is 0 Å². The molecule has 0 aromatic carbocycles. The normalized spacial score (nSPS) is 16.4. The van der Waals surface area contributed by atoms with Crippen LogP contribution in [0, 0.1) is 0 Å². The molecule has 3 heteroatoms. The number of hydrogen-bond acceptors (Lipinski definition) is 3. The highest BCUT2D eigenvalue weighted by molar-refractivity contribution is 8.03. The van der Waals surface area contributed by atoms with Crippen molar-refractivity contribution in [1.29, 1.82) is 0 Å². The Kier molecular flexibility index (Phi) is 7.76. The van der Waals surface area contributed by atoms with E-state index in [4.69, 9.17) is 5.11 Å². The van der Waals surface area contributed by atoms with Crippen molar-refractivity contribution in [3.05, 3.63) is 0 Å². The van der Waals surface area contributed by atoms with Gasteiger partial charge in [-0.3, -0.25) is 0 Å². The first-order valence-electron chi connectivity index (χ1n) is 3.92. The zero-order valence-electron chi connectivity index (χ0n) is 7.54. The van der Waals surface area contributed by atoms with E-state index in [-0.39, 0.29) is 0 Å². The maximum Gasteiger partial charge on any atom is 0.0431 e. The van der Waals surface area contributed by atoms with Crippen molar-refractivity contribution >= 4 is 23.5 Å². The maximum atomic E-state index is 8.65. The molecule has 0 aromatic rings. The van der Waals surface area contributed by atoms with E-state index in [2.05, 4.69) is 19.4 Å². The lowest BCUT2D eigenvalue weighted by molar-refractivity contribution is 0.284. The molecule has 0 heterocycles. The molecule has 0 amide bonds. The summed E-state index contributed by atoms with van der Waals surface area (Å²) < 4.78 is 0. The Morgan fingerprint density at radius 3 is 2.27 bits per heavy atom. The molecule has 0 saturated heterocycles. The number of aliphatic hydroxyl groups is 1. The topological polar surface area (TPSA) is 20.2 Å². The maximum absolute atomic E-state index is 8.65. The highest BCUT2D eigenvalue weighted by Gasteiger charge is 2.13. The Balaban J connectivity index is 3.56. The monoisotopic (exact) mass is 194 g/mol. The van der Waals surface area contributed by atoms with Crippen molar-refractivity contribution in [3.8, 4) is 0 Å². The molecule has 2 atom stereocenters. The molecule has 1 N–H and O–H groups in total. The predicted molar refractivity (Wildman–Crippen MR) is 56.6 cm³/mol. The van der Waals surface area contributed by atoms with Crippen LogP contribution in [0.5, 0.6) is 0 Å². The largest absolute Gasteiger partial charge is 0.396 e. The minimum absolute atomic E-state index is 0.332. The molecule has 0 aliphatic rings. The van der Waals surface area contributed by atoms with Gasteiger partial charge in [0, 0.05) is 17.1 Å². The standard InChI is InChI=1S/C8H18OS2/c1-7(10-2)8(11-3)5-4-6-9/h7-9H,4-6H2,1-3H3. The Labute approximate surface area is 78.3 Å². The van der Waals surface area contributed by atoms with E-state index < -0.39 is 0 Å². The van der Waals surface area contributed by atoms with E-state index in [0.29, 0.717) is 17.1 Å². The molecule has 0 saturated carbocycles. The molecule has 1 nitrogen and oxygen atoms in total. The second-order valence-electron chi connectivity index (χ2n) is 2.58. The van der Waals surface area contributed by atoms with E-state index in [1.807, 2.05) is 23.5 Å². The molecular weight excluding hydrogens is 176 g/mol. The van der Waals surface area contributed by atoms with Gasteiger partial charge in [0.2, 0.25) is 0 Å². The summed E-state index contributed by atoms with van der Waals surface area (Å²) in [4.78, 5) is 0. The molecule has 0 spiro atoms. The lowest BCUT2D eigenvalue weighted by atomic mass is 10.2. The first-order valence-corrected chi connectivity index (χ1v) is 6.50. The molecule has 0 aliphatic carbocycles. The van der Waals surface area contributed by atoms with Gasteiger partial charge in [0.15, 0.2) is 0 Å². The smallest absolute Gasteiger partial charge is 0.0431 e. The molecule has 68 valence electrons. The Hall–Kier alpha value is 0.660. The van der Waals surface area contributed by atoms with E-state index in [1.165, 1.54) is 0 Å². The van der Waals surface area contributed by atoms with E-state index in [1.54, 1.807) is 0 Å². The Bertz CT molecular complexity index is 88.2. The lowest BCUT2D eigenvalue weighted by Gasteiger charge is -2.19. The number of hydrogen-bond donors (Lipinski definition) is 1. The fourth-order valence-corrected chi connectivity index (χ4v) is 2.88. The second kappa shape index (κ2) is 7.32. The minimum Gasteiger partial charge on any atom is -0.396 e. The van der Waals surface area contributed by atoms with Crippen molar-refractivity contribution in [2.75, 3.05) is 19.1 Å². The van der Waals surface area contributed by atoms with Crippen LogP contribution in [-0.2, 0) is 0 Å². The summed E-state index contributed by atoms with van der Waals surface area (Å²) in [6, 6.07) is 0. The van der Waals surface area contributed by atoms with Crippen LogP contribution >= 0.6 is 23.5 Å². The molecule has 0 fully saturated rings. The summed E-state index contributed by atoms with van der Waals surface area (Å²) >= 11 is 3.82. The predicted octanol–water partition coefficient (Wildman–Crippen LogP) is 2.24. The van der Waals surface area contributed by atoms with E-state index in [0.717, 1.165) is 12.8 Å². The fourth-order valence-electron chi connectivity index (χ4n) is 0.988. The van der Waals surface area contributed by atoms with Gasteiger partial charge in [0.25, 0.3) is 0 Å². The van der Waals surface area contributed by atoms with Gasteiger partial charge in [-0.2, -0.15) is 23.5 Å². The minimum atomic E-state index is 0.332. The Morgan fingerprint density at radius 1 is 1.27 bits per heavy atom. The molecule has 0 radical (unpaired) electrons. The van der Waals surface area contributed by atoms with Crippen molar-refractivity contribution in [2.45, 2.75) is 30.3 Å². The third kappa shape index (κ3) is 4.99. The summed E-state index contributed by atoms with van der Waals surface area (Å²) in [6.07, 6.45) is 6.37. The Morgan fingerprint density at radius 2 is 1.91 bits per heavy atom. The van der Waals surface area contributed by atoms with Gasteiger partial charge in [-0.25, -0.2) is 0 Å². The summed E-state index contributed by atoms with van der Waals surface area (Å²) in [6.45, 7) is 2.58. The van der Waals surface area contributed by atoms with Crippen LogP contribution in [0.2, 0.25) is 0 Å². The molecule has 11 heavy (non-hydrogen) atoms. The summed E-state index contributed by atoms with van der Waals surface area (Å²) in [7, 11) is 0. The van der Waals surface area contributed by atoms with E-state index >= 15 is 0 Å². The first kappa shape index (κ1) is 11.7.